The summed E-state index contributed by atoms with van der Waals surface area (Å²) in [5.74, 6) is 0.554. The van der Waals surface area contributed by atoms with Crippen molar-refractivity contribution < 1.29 is 18.0 Å². The molecule has 0 radical (unpaired) electrons. The van der Waals surface area contributed by atoms with Crippen LogP contribution in [-0.4, -0.2) is 30.9 Å². The molecule has 1 saturated carbocycles. The lowest BCUT2D eigenvalue weighted by atomic mass is 9.89. The average Bonchev–Trinajstić information content (AvgIpc) is 2.53. The Morgan fingerprint density at radius 2 is 1.79 bits per heavy atom. The molecule has 1 aliphatic carbocycles. The predicted octanol–water partition coefficient (Wildman–Crippen LogP) is 3.83. The maximum atomic E-state index is 12.5. The second-order valence-electron chi connectivity index (χ2n) is 6.68. The topological polar surface area (TPSA) is 32.3 Å². The van der Waals surface area contributed by atoms with Crippen molar-refractivity contribution in [1.82, 2.24) is 10.2 Å². The monoisotopic (exact) mass is 342 g/mol. The molecule has 134 valence electrons. The summed E-state index contributed by atoms with van der Waals surface area (Å²) < 4.78 is 37.6. The van der Waals surface area contributed by atoms with E-state index in [4.69, 9.17) is 0 Å². The van der Waals surface area contributed by atoms with Gasteiger partial charge in [-0.3, -0.25) is 9.69 Å². The molecule has 2 rings (SSSR count). The molecule has 1 aromatic carbocycles. The van der Waals surface area contributed by atoms with Crippen LogP contribution in [0, 0.1) is 5.92 Å². The standard InChI is InChI=1S/C18H25F3N2O/c1-23(12-15-7-9-16(10-8-15)18(19,20)21)13-17(24)22-11-14-5-3-2-4-6-14/h7-10,14H,2-6,11-13H2,1H3,(H,22,24). The molecule has 6 heteroatoms. The minimum Gasteiger partial charge on any atom is -0.355 e. The minimum atomic E-state index is -4.32. The van der Waals surface area contributed by atoms with Gasteiger partial charge < -0.3 is 5.32 Å². The van der Waals surface area contributed by atoms with Crippen LogP contribution in [0.4, 0.5) is 13.2 Å². The van der Waals surface area contributed by atoms with Gasteiger partial charge in [0.1, 0.15) is 0 Å². The Morgan fingerprint density at radius 1 is 1.17 bits per heavy atom. The summed E-state index contributed by atoms with van der Waals surface area (Å²) in [6.45, 7) is 1.41. The summed E-state index contributed by atoms with van der Waals surface area (Å²) >= 11 is 0. The molecule has 0 atom stereocenters. The number of carbonyl (C=O) groups is 1. The van der Waals surface area contributed by atoms with E-state index in [1.807, 2.05) is 0 Å². The SMILES string of the molecule is CN(CC(=O)NCC1CCCCC1)Cc1ccc(C(F)(F)F)cc1. The van der Waals surface area contributed by atoms with Crippen molar-refractivity contribution in [3.05, 3.63) is 35.4 Å². The Hall–Kier alpha value is -1.56. The van der Waals surface area contributed by atoms with E-state index in [-0.39, 0.29) is 12.5 Å². The first kappa shape index (κ1) is 18.8. The van der Waals surface area contributed by atoms with Gasteiger partial charge in [0, 0.05) is 13.1 Å². The van der Waals surface area contributed by atoms with E-state index in [0.717, 1.165) is 24.2 Å². The summed E-state index contributed by atoms with van der Waals surface area (Å²) in [5, 5.41) is 2.97. The number of alkyl halides is 3. The van der Waals surface area contributed by atoms with E-state index in [0.29, 0.717) is 12.5 Å². The van der Waals surface area contributed by atoms with Gasteiger partial charge in [-0.05, 0) is 43.5 Å². The second-order valence-corrected chi connectivity index (χ2v) is 6.68. The van der Waals surface area contributed by atoms with Crippen LogP contribution >= 0.6 is 0 Å². The van der Waals surface area contributed by atoms with Crippen molar-refractivity contribution in [1.29, 1.82) is 0 Å². The van der Waals surface area contributed by atoms with Gasteiger partial charge in [-0.1, -0.05) is 31.4 Å². The van der Waals surface area contributed by atoms with Crippen LogP contribution in [-0.2, 0) is 17.5 Å². The van der Waals surface area contributed by atoms with E-state index in [1.54, 1.807) is 11.9 Å². The number of likely N-dealkylation sites (N-methyl/N-ethyl adjacent to an activating group) is 1. The lowest BCUT2D eigenvalue weighted by Gasteiger charge is -2.22. The van der Waals surface area contributed by atoms with Crippen LogP contribution in [0.25, 0.3) is 0 Å². The zero-order chi connectivity index (χ0) is 17.6. The molecule has 0 spiro atoms. The molecule has 3 nitrogen and oxygen atoms in total. The van der Waals surface area contributed by atoms with Gasteiger partial charge in [0.2, 0.25) is 5.91 Å². The van der Waals surface area contributed by atoms with Crippen LogP contribution < -0.4 is 5.32 Å². The first-order chi connectivity index (χ1) is 11.3. The number of carbonyl (C=O) groups excluding carboxylic acids is 1. The van der Waals surface area contributed by atoms with Gasteiger partial charge in [0.05, 0.1) is 12.1 Å². The molecule has 1 fully saturated rings. The number of amides is 1. The fourth-order valence-corrected chi connectivity index (χ4v) is 3.12. The molecule has 1 amide bonds. The fourth-order valence-electron chi connectivity index (χ4n) is 3.12. The van der Waals surface area contributed by atoms with Crippen molar-refractivity contribution >= 4 is 5.91 Å². The zero-order valence-electron chi connectivity index (χ0n) is 14.0. The van der Waals surface area contributed by atoms with Crippen LogP contribution in [0.2, 0.25) is 0 Å². The van der Waals surface area contributed by atoms with Gasteiger partial charge in [0.15, 0.2) is 0 Å². The molecule has 0 aliphatic heterocycles. The quantitative estimate of drug-likeness (QED) is 0.852. The van der Waals surface area contributed by atoms with E-state index in [9.17, 15) is 18.0 Å². The van der Waals surface area contributed by atoms with E-state index in [1.165, 1.54) is 44.2 Å². The van der Waals surface area contributed by atoms with Crippen LogP contribution in [0.1, 0.15) is 43.2 Å². The maximum Gasteiger partial charge on any atom is 0.416 e. The van der Waals surface area contributed by atoms with Crippen molar-refractivity contribution in [3.63, 3.8) is 0 Å². The molecule has 0 unspecified atom stereocenters. The molecule has 0 saturated heterocycles. The summed E-state index contributed by atoms with van der Waals surface area (Å²) in [4.78, 5) is 13.8. The smallest absolute Gasteiger partial charge is 0.355 e. The van der Waals surface area contributed by atoms with Crippen molar-refractivity contribution in [2.24, 2.45) is 5.92 Å². The average molecular weight is 342 g/mol. The first-order valence-corrected chi connectivity index (χ1v) is 8.46. The molecular weight excluding hydrogens is 317 g/mol. The normalized spacial score (nSPS) is 16.4. The Morgan fingerprint density at radius 3 is 2.38 bits per heavy atom. The van der Waals surface area contributed by atoms with E-state index in [2.05, 4.69) is 5.32 Å². The number of benzene rings is 1. The van der Waals surface area contributed by atoms with Gasteiger partial charge in [-0.25, -0.2) is 0 Å². The summed E-state index contributed by atoms with van der Waals surface area (Å²) in [6, 6.07) is 5.07. The highest BCUT2D eigenvalue weighted by molar-refractivity contribution is 5.77. The van der Waals surface area contributed by atoms with E-state index < -0.39 is 11.7 Å². The van der Waals surface area contributed by atoms with Gasteiger partial charge >= 0.3 is 6.18 Å². The summed E-state index contributed by atoms with van der Waals surface area (Å²) in [5.41, 5.74) is 0.102. The highest BCUT2D eigenvalue weighted by atomic mass is 19.4. The lowest BCUT2D eigenvalue weighted by Crippen LogP contribution is -2.37. The van der Waals surface area contributed by atoms with E-state index >= 15 is 0 Å². The van der Waals surface area contributed by atoms with Gasteiger partial charge in [-0.15, -0.1) is 0 Å². The first-order valence-electron chi connectivity index (χ1n) is 8.46. The number of hydrogen-bond donors (Lipinski definition) is 1. The number of halogens is 3. The molecule has 1 N–H and O–H groups in total. The maximum absolute atomic E-state index is 12.5. The molecule has 0 bridgehead atoms. The molecule has 0 heterocycles. The largest absolute Gasteiger partial charge is 0.416 e. The molecule has 0 aromatic heterocycles. The molecular formula is C18H25F3N2O. The van der Waals surface area contributed by atoms with Crippen LogP contribution in [0.3, 0.4) is 0 Å². The Kier molecular flexibility index (Phi) is 6.66. The predicted molar refractivity (Wildman–Crippen MR) is 87.4 cm³/mol. The molecule has 1 aromatic rings. The van der Waals surface area contributed by atoms with Crippen molar-refractivity contribution in [2.75, 3.05) is 20.1 Å². The summed E-state index contributed by atoms with van der Waals surface area (Å²) in [6.07, 6.45) is 1.83. The lowest BCUT2D eigenvalue weighted by molar-refractivity contribution is -0.137. The highest BCUT2D eigenvalue weighted by Gasteiger charge is 2.29. The Bertz CT molecular complexity index is 522. The van der Waals surface area contributed by atoms with Crippen LogP contribution in [0.15, 0.2) is 24.3 Å². The minimum absolute atomic E-state index is 0.0324. The van der Waals surface area contributed by atoms with Crippen molar-refractivity contribution in [3.8, 4) is 0 Å². The third-order valence-corrected chi connectivity index (χ3v) is 4.46. The number of nitrogens with one attached hydrogen (secondary N) is 1. The number of nitrogens with zero attached hydrogens (tertiary/aromatic N) is 1. The summed E-state index contributed by atoms with van der Waals surface area (Å²) in [7, 11) is 1.79. The Balaban J connectivity index is 1.73. The van der Waals surface area contributed by atoms with Gasteiger partial charge in [-0.2, -0.15) is 13.2 Å². The van der Waals surface area contributed by atoms with Crippen molar-refractivity contribution in [2.45, 2.75) is 44.8 Å². The zero-order valence-corrected chi connectivity index (χ0v) is 14.0. The Labute approximate surface area is 141 Å². The molecule has 1 aliphatic rings. The number of rotatable bonds is 6. The fraction of sp³-hybridized carbons (Fsp3) is 0.611. The number of hydrogen-bond acceptors (Lipinski definition) is 2. The van der Waals surface area contributed by atoms with Crippen LogP contribution in [0.5, 0.6) is 0 Å². The third kappa shape index (κ3) is 6.15. The highest BCUT2D eigenvalue weighted by Crippen LogP contribution is 2.29. The second kappa shape index (κ2) is 8.51. The van der Waals surface area contributed by atoms with Gasteiger partial charge in [0.25, 0.3) is 0 Å². The molecule has 24 heavy (non-hydrogen) atoms. The third-order valence-electron chi connectivity index (χ3n) is 4.46.